The zero-order valence-corrected chi connectivity index (χ0v) is 17.7. The fourth-order valence-corrected chi connectivity index (χ4v) is 3.40. The molecule has 0 heterocycles. The van der Waals surface area contributed by atoms with Crippen molar-refractivity contribution in [3.63, 3.8) is 0 Å². The summed E-state index contributed by atoms with van der Waals surface area (Å²) in [5.74, 6) is 0.0704. The van der Waals surface area contributed by atoms with Crippen LogP contribution in [0.1, 0.15) is 27.0 Å². The molecule has 0 aliphatic rings. The Labute approximate surface area is 182 Å². The van der Waals surface area contributed by atoms with Crippen LogP contribution in [-0.2, 0) is 6.61 Å². The predicted octanol–water partition coefficient (Wildman–Crippen LogP) is 5.80. The SMILES string of the molecule is COc1cc(/C=C(\C#N)c2ccccc2)cc(Br)c1OCc1ccc(C(=O)O)cc1. The third-order valence-electron chi connectivity index (χ3n) is 4.35. The number of carbonyl (C=O) groups is 1. The summed E-state index contributed by atoms with van der Waals surface area (Å²) in [7, 11) is 1.55. The van der Waals surface area contributed by atoms with Crippen LogP contribution in [0.2, 0.25) is 0 Å². The highest BCUT2D eigenvalue weighted by Gasteiger charge is 2.13. The molecule has 3 aromatic rings. The van der Waals surface area contributed by atoms with Crippen molar-refractivity contribution in [3.8, 4) is 17.6 Å². The van der Waals surface area contributed by atoms with Crippen LogP contribution in [0.25, 0.3) is 11.6 Å². The standard InChI is InChI=1S/C24H18BrNO4/c1-29-22-13-17(11-20(14-26)18-5-3-2-4-6-18)12-21(25)23(22)30-15-16-7-9-19(10-8-16)24(27)28/h2-13H,15H2,1H3,(H,27,28)/b20-11+. The second-order valence-corrected chi connectivity index (χ2v) is 7.22. The highest BCUT2D eigenvalue weighted by molar-refractivity contribution is 9.10. The minimum atomic E-state index is -0.970. The first-order valence-electron chi connectivity index (χ1n) is 9.01. The minimum Gasteiger partial charge on any atom is -0.493 e. The monoisotopic (exact) mass is 463 g/mol. The average molecular weight is 464 g/mol. The zero-order valence-electron chi connectivity index (χ0n) is 16.1. The van der Waals surface area contributed by atoms with Crippen molar-refractivity contribution >= 4 is 33.5 Å². The summed E-state index contributed by atoms with van der Waals surface area (Å²) < 4.78 is 12.1. The second kappa shape index (κ2) is 9.77. The normalized spacial score (nSPS) is 10.9. The largest absolute Gasteiger partial charge is 0.493 e. The van der Waals surface area contributed by atoms with Crippen LogP contribution in [-0.4, -0.2) is 18.2 Å². The van der Waals surface area contributed by atoms with Gasteiger partial charge in [-0.25, -0.2) is 4.79 Å². The molecular weight excluding hydrogens is 446 g/mol. The molecule has 0 spiro atoms. The van der Waals surface area contributed by atoms with Crippen molar-refractivity contribution in [3.05, 3.63) is 93.5 Å². The van der Waals surface area contributed by atoms with Gasteiger partial charge in [0.15, 0.2) is 11.5 Å². The predicted molar refractivity (Wildman–Crippen MR) is 118 cm³/mol. The summed E-state index contributed by atoms with van der Waals surface area (Å²) in [4.78, 5) is 11.0. The molecule has 0 bridgehead atoms. The molecular formula is C24H18BrNO4. The lowest BCUT2D eigenvalue weighted by Gasteiger charge is -2.14. The average Bonchev–Trinajstić information content (AvgIpc) is 2.77. The lowest BCUT2D eigenvalue weighted by atomic mass is 10.0. The number of methoxy groups -OCH3 is 1. The number of rotatable bonds is 7. The first-order valence-corrected chi connectivity index (χ1v) is 9.81. The van der Waals surface area contributed by atoms with Crippen molar-refractivity contribution in [1.29, 1.82) is 5.26 Å². The fraction of sp³-hybridized carbons (Fsp3) is 0.0833. The minimum absolute atomic E-state index is 0.223. The quantitative estimate of drug-likeness (QED) is 0.353. The van der Waals surface area contributed by atoms with E-state index in [0.29, 0.717) is 21.5 Å². The van der Waals surface area contributed by atoms with Gasteiger partial charge in [0.1, 0.15) is 6.61 Å². The maximum absolute atomic E-state index is 11.0. The number of ether oxygens (including phenoxy) is 2. The fourth-order valence-electron chi connectivity index (χ4n) is 2.83. The first kappa shape index (κ1) is 21.2. The van der Waals surface area contributed by atoms with Crippen molar-refractivity contribution in [1.82, 2.24) is 0 Å². The van der Waals surface area contributed by atoms with Crippen LogP contribution in [0, 0.1) is 11.3 Å². The number of carboxylic acids is 1. The van der Waals surface area contributed by atoms with Gasteiger partial charge in [-0.05, 0) is 63.0 Å². The Balaban J connectivity index is 1.84. The first-order chi connectivity index (χ1) is 14.5. The van der Waals surface area contributed by atoms with Crippen molar-refractivity contribution in [2.24, 2.45) is 0 Å². The Hall–Kier alpha value is -3.56. The van der Waals surface area contributed by atoms with Gasteiger partial charge < -0.3 is 14.6 Å². The number of carboxylic acid groups (broad SMARTS) is 1. The highest BCUT2D eigenvalue weighted by Crippen LogP contribution is 2.38. The molecule has 0 aromatic heterocycles. The van der Waals surface area contributed by atoms with E-state index in [9.17, 15) is 10.1 Å². The Kier molecular flexibility index (Phi) is 6.89. The van der Waals surface area contributed by atoms with Gasteiger partial charge in [-0.2, -0.15) is 5.26 Å². The lowest BCUT2D eigenvalue weighted by Crippen LogP contribution is -2.01. The number of halogens is 1. The van der Waals surface area contributed by atoms with E-state index in [0.717, 1.165) is 16.7 Å². The van der Waals surface area contributed by atoms with Gasteiger partial charge in [0.2, 0.25) is 0 Å². The number of nitrogens with zero attached hydrogens (tertiary/aromatic N) is 1. The van der Waals surface area contributed by atoms with E-state index in [1.54, 1.807) is 31.4 Å². The molecule has 0 saturated heterocycles. The molecule has 0 aliphatic carbocycles. The van der Waals surface area contributed by atoms with Gasteiger partial charge in [0.25, 0.3) is 0 Å². The van der Waals surface area contributed by atoms with E-state index in [1.807, 2.05) is 36.4 Å². The number of hydrogen-bond acceptors (Lipinski definition) is 4. The van der Waals surface area contributed by atoms with Crippen LogP contribution in [0.4, 0.5) is 0 Å². The summed E-state index contributed by atoms with van der Waals surface area (Å²) in [5.41, 5.74) is 3.21. The van der Waals surface area contributed by atoms with Crippen LogP contribution in [0.5, 0.6) is 11.5 Å². The Morgan fingerprint density at radius 1 is 1.10 bits per heavy atom. The Morgan fingerprint density at radius 3 is 2.40 bits per heavy atom. The van der Waals surface area contributed by atoms with E-state index >= 15 is 0 Å². The van der Waals surface area contributed by atoms with E-state index in [2.05, 4.69) is 22.0 Å². The number of nitriles is 1. The van der Waals surface area contributed by atoms with Gasteiger partial charge in [0.05, 0.1) is 28.8 Å². The van der Waals surface area contributed by atoms with Crippen LogP contribution >= 0.6 is 15.9 Å². The van der Waals surface area contributed by atoms with E-state index in [1.165, 1.54) is 12.1 Å². The Morgan fingerprint density at radius 2 is 1.80 bits per heavy atom. The van der Waals surface area contributed by atoms with Crippen LogP contribution in [0.3, 0.4) is 0 Å². The Bertz CT molecular complexity index is 1120. The molecule has 1 N–H and O–H groups in total. The zero-order chi connectivity index (χ0) is 21.5. The molecule has 0 unspecified atom stereocenters. The molecule has 0 aliphatic heterocycles. The van der Waals surface area contributed by atoms with E-state index < -0.39 is 5.97 Å². The molecule has 150 valence electrons. The maximum Gasteiger partial charge on any atom is 0.335 e. The summed E-state index contributed by atoms with van der Waals surface area (Å²) in [6.07, 6.45) is 1.79. The highest BCUT2D eigenvalue weighted by atomic mass is 79.9. The molecule has 0 amide bonds. The van der Waals surface area contributed by atoms with E-state index in [-0.39, 0.29) is 12.2 Å². The van der Waals surface area contributed by atoms with Gasteiger partial charge in [0, 0.05) is 0 Å². The summed E-state index contributed by atoms with van der Waals surface area (Å²) >= 11 is 3.52. The topological polar surface area (TPSA) is 79.5 Å². The summed E-state index contributed by atoms with van der Waals surface area (Å²) in [5, 5.41) is 18.5. The molecule has 0 atom stereocenters. The molecule has 0 saturated carbocycles. The van der Waals surface area contributed by atoms with Gasteiger partial charge >= 0.3 is 5.97 Å². The number of hydrogen-bond donors (Lipinski definition) is 1. The van der Waals surface area contributed by atoms with E-state index in [4.69, 9.17) is 14.6 Å². The maximum atomic E-state index is 11.0. The second-order valence-electron chi connectivity index (χ2n) is 6.36. The molecule has 0 fully saturated rings. The van der Waals surface area contributed by atoms with Gasteiger partial charge in [-0.1, -0.05) is 42.5 Å². The van der Waals surface area contributed by atoms with Crippen molar-refractivity contribution < 1.29 is 19.4 Å². The smallest absolute Gasteiger partial charge is 0.335 e. The number of allylic oxidation sites excluding steroid dienone is 1. The van der Waals surface area contributed by atoms with Crippen molar-refractivity contribution in [2.75, 3.05) is 7.11 Å². The van der Waals surface area contributed by atoms with Crippen LogP contribution < -0.4 is 9.47 Å². The van der Waals surface area contributed by atoms with Crippen LogP contribution in [0.15, 0.2) is 71.2 Å². The molecule has 0 radical (unpaired) electrons. The summed E-state index contributed by atoms with van der Waals surface area (Å²) in [6.45, 7) is 0.248. The number of benzene rings is 3. The molecule has 3 aromatic carbocycles. The molecule has 5 nitrogen and oxygen atoms in total. The molecule has 30 heavy (non-hydrogen) atoms. The molecule has 6 heteroatoms. The third-order valence-corrected chi connectivity index (χ3v) is 4.94. The lowest BCUT2D eigenvalue weighted by molar-refractivity contribution is 0.0697. The number of aromatic carboxylic acids is 1. The summed E-state index contributed by atoms with van der Waals surface area (Å²) in [6, 6.07) is 21.8. The molecule has 3 rings (SSSR count). The third kappa shape index (κ3) is 5.07. The van der Waals surface area contributed by atoms with Crippen molar-refractivity contribution in [2.45, 2.75) is 6.61 Å². The van der Waals surface area contributed by atoms with Gasteiger partial charge in [-0.15, -0.1) is 0 Å². The van der Waals surface area contributed by atoms with Gasteiger partial charge in [-0.3, -0.25) is 0 Å².